The molecule has 2 saturated heterocycles. The zero-order valence-corrected chi connectivity index (χ0v) is 46.4. The molecule has 426 valence electrons. The van der Waals surface area contributed by atoms with E-state index in [4.69, 9.17) is 0 Å². The fourth-order valence-corrected chi connectivity index (χ4v) is 11.9. The van der Waals surface area contributed by atoms with Crippen LogP contribution in [0.3, 0.4) is 0 Å². The quantitative estimate of drug-likeness (QED) is 0.0334. The Bertz CT molecular complexity index is 3280. The van der Waals surface area contributed by atoms with Crippen LogP contribution in [0.5, 0.6) is 0 Å². The fourth-order valence-electron chi connectivity index (χ4n) is 9.58. The maximum Gasteiger partial charge on any atom is 0.245 e. The minimum absolute atomic E-state index is 0.104. The number of hydrogen-bond acceptors (Lipinski definition) is 14. The van der Waals surface area contributed by atoms with Crippen molar-refractivity contribution in [1.82, 2.24) is 50.5 Å². The number of pyridine rings is 2. The SMILES string of the molecule is CN[C@@H](C)C(=O)N[C@@H](CCCCNS(=O)(=O)c1cccc(S(=O)(=O)NCC[C@H](NC(=O)[C@H](C)NC)C(=O)N2CCC[C@H]2c2cncc(C(=O)c3ccc(F)cc3)c2)c1)C(=O)N1CCC[C@H]1c1cncc(C(=O)c2ccc(F)cc2)c1. The van der Waals surface area contributed by atoms with Crippen molar-refractivity contribution in [3.8, 4) is 0 Å². The van der Waals surface area contributed by atoms with E-state index in [0.717, 1.165) is 6.07 Å². The van der Waals surface area contributed by atoms with Gasteiger partial charge in [0.1, 0.15) is 23.7 Å². The standard InChI is InChI=1S/C56H66F2N10O10S2/c1-35(59-3)53(71)65-47(55(73)67-26-8-13-49(67)39-28-41(33-61-31-39)51(69)37-15-19-43(57)20-16-37)12-5-6-24-63-79(75,76)45-10-7-11-46(30-45)80(77,78)64-25-23-48(66-54(72)36(2)60-4)56(74)68-27-9-14-50(68)40-29-42(34-62-32-40)52(70)38-17-21-44(58)22-18-38/h7,10-11,15-22,28-36,47-50,59-60,63-64H,5-6,8-9,12-14,23-27H2,1-4H3,(H,65,71)(H,66,72)/t35-,36-,47-,48-,49-,50-/m0/s1. The highest BCUT2D eigenvalue weighted by Gasteiger charge is 2.38. The molecule has 6 N–H and O–H groups in total. The molecule has 2 aromatic heterocycles. The molecule has 5 aromatic rings. The maximum atomic E-state index is 14.3. The van der Waals surface area contributed by atoms with Gasteiger partial charge in [-0.2, -0.15) is 0 Å². The van der Waals surface area contributed by atoms with Gasteiger partial charge < -0.3 is 31.1 Å². The van der Waals surface area contributed by atoms with Gasteiger partial charge in [0.15, 0.2) is 11.6 Å². The fraction of sp³-hybridized carbons (Fsp3) is 0.393. The van der Waals surface area contributed by atoms with E-state index in [-0.39, 0.29) is 82.5 Å². The minimum Gasteiger partial charge on any atom is -0.343 e. The lowest BCUT2D eigenvalue weighted by Crippen LogP contribution is -2.53. The van der Waals surface area contributed by atoms with Gasteiger partial charge in [0.2, 0.25) is 43.7 Å². The number of ketones is 2. The van der Waals surface area contributed by atoms with Crippen molar-refractivity contribution in [2.24, 2.45) is 0 Å². The van der Waals surface area contributed by atoms with Crippen molar-refractivity contribution >= 4 is 55.2 Å². The third kappa shape index (κ3) is 15.2. The Morgan fingerprint density at radius 1 is 0.562 bits per heavy atom. The monoisotopic (exact) mass is 1140 g/mol. The summed E-state index contributed by atoms with van der Waals surface area (Å²) in [4.78, 5) is 92.5. The molecule has 6 atom stereocenters. The van der Waals surface area contributed by atoms with Crippen LogP contribution in [0.1, 0.15) is 120 Å². The molecule has 0 bridgehead atoms. The lowest BCUT2D eigenvalue weighted by Gasteiger charge is -2.30. The van der Waals surface area contributed by atoms with Crippen LogP contribution >= 0.6 is 0 Å². The van der Waals surface area contributed by atoms with Crippen LogP contribution in [0.2, 0.25) is 0 Å². The normalized spacial score (nSPS) is 17.1. The first kappa shape index (κ1) is 60.4. The molecule has 20 nitrogen and oxygen atoms in total. The molecule has 24 heteroatoms. The Morgan fingerprint density at radius 3 is 1.43 bits per heavy atom. The van der Waals surface area contributed by atoms with Gasteiger partial charge in [-0.25, -0.2) is 35.1 Å². The first-order valence-corrected chi connectivity index (χ1v) is 29.3. The number of halogens is 2. The van der Waals surface area contributed by atoms with Gasteiger partial charge in [0, 0.05) is 73.2 Å². The number of aromatic nitrogens is 2. The van der Waals surface area contributed by atoms with Gasteiger partial charge in [-0.05, 0) is 169 Å². The number of likely N-dealkylation sites (tertiary alicyclic amines) is 2. The number of benzene rings is 3. The molecule has 4 heterocycles. The molecule has 0 aliphatic carbocycles. The minimum atomic E-state index is -4.40. The van der Waals surface area contributed by atoms with E-state index in [9.17, 15) is 54.4 Å². The lowest BCUT2D eigenvalue weighted by molar-refractivity contribution is -0.138. The number of nitrogens with one attached hydrogen (secondary N) is 6. The van der Waals surface area contributed by atoms with Crippen LogP contribution < -0.4 is 30.7 Å². The van der Waals surface area contributed by atoms with E-state index >= 15 is 0 Å². The van der Waals surface area contributed by atoms with Gasteiger partial charge in [0.25, 0.3) is 0 Å². The summed E-state index contributed by atoms with van der Waals surface area (Å²) < 4.78 is 86.7. The topological polar surface area (TPSA) is 275 Å². The molecule has 2 aliphatic heterocycles. The first-order valence-electron chi connectivity index (χ1n) is 26.4. The number of nitrogens with zero attached hydrogens (tertiary/aromatic N) is 4. The van der Waals surface area contributed by atoms with Gasteiger partial charge in [0.05, 0.1) is 34.0 Å². The third-order valence-corrected chi connectivity index (χ3v) is 17.3. The summed E-state index contributed by atoms with van der Waals surface area (Å²) in [7, 11) is -5.51. The first-order chi connectivity index (χ1) is 38.2. The number of likely N-dealkylation sites (N-methyl/N-ethyl adjacent to an activating group) is 2. The second-order valence-electron chi connectivity index (χ2n) is 19.8. The highest BCUT2D eigenvalue weighted by atomic mass is 32.2. The number of hydrogen-bond donors (Lipinski definition) is 6. The summed E-state index contributed by atoms with van der Waals surface area (Å²) in [6.45, 7) is 3.45. The summed E-state index contributed by atoms with van der Waals surface area (Å²) in [6, 6.07) is 13.7. The van der Waals surface area contributed by atoms with Gasteiger partial charge in [-0.1, -0.05) is 6.07 Å². The molecule has 4 amide bonds. The van der Waals surface area contributed by atoms with Gasteiger partial charge in [-0.15, -0.1) is 0 Å². The summed E-state index contributed by atoms with van der Waals surface area (Å²) >= 11 is 0. The van der Waals surface area contributed by atoms with Crippen molar-refractivity contribution < 1.29 is 54.4 Å². The smallest absolute Gasteiger partial charge is 0.245 e. The molecule has 2 aliphatic rings. The molecule has 0 spiro atoms. The molecule has 3 aromatic carbocycles. The second-order valence-corrected chi connectivity index (χ2v) is 23.3. The van der Waals surface area contributed by atoms with Crippen LogP contribution in [0.4, 0.5) is 8.78 Å². The van der Waals surface area contributed by atoms with Crippen molar-refractivity contribution in [2.75, 3.05) is 40.3 Å². The molecular weight excluding hydrogens is 1070 g/mol. The van der Waals surface area contributed by atoms with E-state index in [1.165, 1.54) is 79.1 Å². The molecule has 0 unspecified atom stereocenters. The Morgan fingerprint density at radius 2 is 0.988 bits per heavy atom. The molecule has 2 fully saturated rings. The predicted octanol–water partition coefficient (Wildman–Crippen LogP) is 4.25. The van der Waals surface area contributed by atoms with Crippen LogP contribution in [-0.2, 0) is 39.2 Å². The number of sulfonamides is 2. The highest BCUT2D eigenvalue weighted by Crippen LogP contribution is 2.35. The molecule has 7 rings (SSSR count). The van der Waals surface area contributed by atoms with Gasteiger partial charge in [-0.3, -0.25) is 38.7 Å². The largest absolute Gasteiger partial charge is 0.343 e. The van der Waals surface area contributed by atoms with E-state index in [1.807, 2.05) is 0 Å². The number of carbonyl (C=O) groups is 6. The summed E-state index contributed by atoms with van der Waals surface area (Å²) in [5.74, 6) is -3.54. The summed E-state index contributed by atoms with van der Waals surface area (Å²) in [6.07, 6.45) is 8.67. The number of rotatable bonds is 26. The van der Waals surface area contributed by atoms with Crippen molar-refractivity contribution in [3.63, 3.8) is 0 Å². The Balaban J connectivity index is 0.962. The number of unbranched alkanes of at least 4 members (excludes halogenated alkanes) is 1. The Hall–Kier alpha value is -7.22. The molecular formula is C56H66F2N10O10S2. The second kappa shape index (κ2) is 27.3. The molecule has 0 radical (unpaired) electrons. The lowest BCUT2D eigenvalue weighted by atomic mass is 9.99. The van der Waals surface area contributed by atoms with E-state index in [0.29, 0.717) is 49.9 Å². The van der Waals surface area contributed by atoms with Crippen molar-refractivity contribution in [2.45, 2.75) is 111 Å². The zero-order chi connectivity index (χ0) is 57.7. The molecule has 0 saturated carbocycles. The average molecular weight is 1140 g/mol. The highest BCUT2D eigenvalue weighted by molar-refractivity contribution is 7.90. The maximum absolute atomic E-state index is 14.3. The van der Waals surface area contributed by atoms with Gasteiger partial charge >= 0.3 is 0 Å². The zero-order valence-electron chi connectivity index (χ0n) is 44.8. The van der Waals surface area contributed by atoms with Crippen molar-refractivity contribution in [1.29, 1.82) is 0 Å². The van der Waals surface area contributed by atoms with Crippen LogP contribution in [0.15, 0.2) is 120 Å². The van der Waals surface area contributed by atoms with Crippen LogP contribution in [0.25, 0.3) is 0 Å². The average Bonchev–Trinajstić information content (AvgIpc) is 4.21. The van der Waals surface area contributed by atoms with E-state index < -0.39 is 91.4 Å². The predicted molar refractivity (Wildman–Crippen MR) is 292 cm³/mol. The van der Waals surface area contributed by atoms with E-state index in [1.54, 1.807) is 62.3 Å². The van der Waals surface area contributed by atoms with Crippen LogP contribution in [0, 0.1) is 11.6 Å². The summed E-state index contributed by atoms with van der Waals surface area (Å²) in [5, 5.41) is 11.3. The molecule has 80 heavy (non-hydrogen) atoms. The Labute approximate surface area is 464 Å². The van der Waals surface area contributed by atoms with Crippen molar-refractivity contribution in [3.05, 3.63) is 155 Å². The summed E-state index contributed by atoms with van der Waals surface area (Å²) in [5.41, 5.74) is 2.20. The third-order valence-electron chi connectivity index (χ3n) is 14.3. The van der Waals surface area contributed by atoms with Crippen LogP contribution in [-0.4, -0.2) is 136 Å². The number of carbonyl (C=O) groups excluding carboxylic acids is 6. The Kier molecular flexibility index (Phi) is 20.6. The number of amides is 4. The van der Waals surface area contributed by atoms with E-state index in [2.05, 4.69) is 40.7 Å².